The molecule has 0 atom stereocenters. The topological polar surface area (TPSA) is 86.7 Å². The summed E-state index contributed by atoms with van der Waals surface area (Å²) in [7, 11) is 1.51. The Kier molecular flexibility index (Phi) is 5.71. The predicted octanol–water partition coefficient (Wildman–Crippen LogP) is 2.22. The number of hydrogen-bond donors (Lipinski definition) is 2. The number of nitrogens with zero attached hydrogens (tertiary/aromatic N) is 1. The number of carboxylic acids is 1. The molecule has 0 bridgehead atoms. The molecule has 0 spiro atoms. The highest BCUT2D eigenvalue weighted by Crippen LogP contribution is 2.13. The first-order valence-electron chi connectivity index (χ1n) is 6.31. The Morgan fingerprint density at radius 1 is 1.30 bits per heavy atom. The second kappa shape index (κ2) is 7.28. The summed E-state index contributed by atoms with van der Waals surface area (Å²) in [6, 6.07) is 6.25. The Morgan fingerprint density at radius 2 is 2.00 bits per heavy atom. The quantitative estimate of drug-likeness (QED) is 0.781. The summed E-state index contributed by atoms with van der Waals surface area (Å²) < 4.78 is 0. The monoisotopic (exact) mass is 278 g/mol. The van der Waals surface area contributed by atoms with E-state index < -0.39 is 12.0 Å². The van der Waals surface area contributed by atoms with E-state index in [0.29, 0.717) is 17.7 Å². The molecule has 2 N–H and O–H groups in total. The molecule has 0 aliphatic rings. The summed E-state index contributed by atoms with van der Waals surface area (Å²) in [4.78, 5) is 35.1. The van der Waals surface area contributed by atoms with Gasteiger partial charge >= 0.3 is 12.0 Å². The number of Topliss-reactive ketones (excluding diaryl/α,β-unsaturated/α-hetero) is 1. The summed E-state index contributed by atoms with van der Waals surface area (Å²) in [5, 5.41) is 11.2. The van der Waals surface area contributed by atoms with Crippen molar-refractivity contribution in [2.75, 3.05) is 18.9 Å². The van der Waals surface area contributed by atoms with Gasteiger partial charge in [-0.25, -0.2) is 4.79 Å². The summed E-state index contributed by atoms with van der Waals surface area (Å²) in [5.74, 6) is -0.958. The number of hydrogen-bond acceptors (Lipinski definition) is 3. The Bertz CT molecular complexity index is 514. The first-order chi connectivity index (χ1) is 9.43. The molecule has 0 saturated heterocycles. The van der Waals surface area contributed by atoms with Gasteiger partial charge in [0.05, 0.1) is 6.42 Å². The van der Waals surface area contributed by atoms with Gasteiger partial charge in [-0.3, -0.25) is 9.59 Å². The molecule has 20 heavy (non-hydrogen) atoms. The van der Waals surface area contributed by atoms with Crippen LogP contribution in [0.25, 0.3) is 0 Å². The van der Waals surface area contributed by atoms with Crippen LogP contribution in [0.3, 0.4) is 0 Å². The highest BCUT2D eigenvalue weighted by molar-refractivity contribution is 5.98. The summed E-state index contributed by atoms with van der Waals surface area (Å²) in [6.07, 6.45) is 0.286. The van der Waals surface area contributed by atoms with Crippen LogP contribution < -0.4 is 5.32 Å². The van der Waals surface area contributed by atoms with Crippen LogP contribution in [0.2, 0.25) is 0 Å². The molecule has 0 aliphatic heterocycles. The summed E-state index contributed by atoms with van der Waals surface area (Å²) in [6.45, 7) is 1.89. The third-order valence-corrected chi connectivity index (χ3v) is 2.76. The lowest BCUT2D eigenvalue weighted by atomic mass is 10.1. The largest absolute Gasteiger partial charge is 0.481 e. The number of carboxylic acid groups (broad SMARTS) is 1. The second-order valence-corrected chi connectivity index (χ2v) is 4.35. The van der Waals surface area contributed by atoms with Crippen molar-refractivity contribution in [2.24, 2.45) is 0 Å². The van der Waals surface area contributed by atoms with Crippen molar-refractivity contribution in [1.82, 2.24) is 4.90 Å². The minimum atomic E-state index is -0.958. The van der Waals surface area contributed by atoms with Crippen molar-refractivity contribution < 1.29 is 19.5 Å². The fourth-order valence-electron chi connectivity index (χ4n) is 1.56. The minimum absolute atomic E-state index is 0.000306. The van der Waals surface area contributed by atoms with Gasteiger partial charge in [-0.05, 0) is 12.1 Å². The molecule has 0 aromatic heterocycles. The van der Waals surface area contributed by atoms with E-state index in [1.54, 1.807) is 31.2 Å². The molecule has 108 valence electrons. The number of benzene rings is 1. The number of urea groups is 1. The number of rotatable bonds is 6. The van der Waals surface area contributed by atoms with E-state index in [9.17, 15) is 14.4 Å². The second-order valence-electron chi connectivity index (χ2n) is 4.35. The van der Waals surface area contributed by atoms with Crippen LogP contribution in [0.4, 0.5) is 10.5 Å². The summed E-state index contributed by atoms with van der Waals surface area (Å²) in [5.41, 5.74) is 1.05. The maximum absolute atomic E-state index is 11.8. The van der Waals surface area contributed by atoms with E-state index in [1.807, 2.05) is 0 Å². The number of nitrogens with one attached hydrogen (secondary N) is 1. The Balaban J connectivity index is 2.66. The third-order valence-electron chi connectivity index (χ3n) is 2.76. The van der Waals surface area contributed by atoms with Crippen molar-refractivity contribution >= 4 is 23.5 Å². The van der Waals surface area contributed by atoms with E-state index in [1.165, 1.54) is 11.9 Å². The van der Waals surface area contributed by atoms with Crippen LogP contribution >= 0.6 is 0 Å². The van der Waals surface area contributed by atoms with E-state index in [4.69, 9.17) is 5.11 Å². The smallest absolute Gasteiger partial charge is 0.321 e. The zero-order valence-electron chi connectivity index (χ0n) is 11.5. The van der Waals surface area contributed by atoms with Crippen molar-refractivity contribution in [1.29, 1.82) is 0 Å². The molecule has 0 unspecified atom stereocenters. The van der Waals surface area contributed by atoms with Crippen molar-refractivity contribution in [3.63, 3.8) is 0 Å². The highest BCUT2D eigenvalue weighted by atomic mass is 16.4. The highest BCUT2D eigenvalue weighted by Gasteiger charge is 2.11. The molecule has 0 radical (unpaired) electrons. The van der Waals surface area contributed by atoms with E-state index in [0.717, 1.165) is 0 Å². The fourth-order valence-corrected chi connectivity index (χ4v) is 1.56. The van der Waals surface area contributed by atoms with Crippen molar-refractivity contribution in [3.05, 3.63) is 29.8 Å². The molecule has 1 aromatic rings. The molecule has 0 aliphatic carbocycles. The maximum atomic E-state index is 11.8. The lowest BCUT2D eigenvalue weighted by Gasteiger charge is -2.17. The van der Waals surface area contributed by atoms with Gasteiger partial charge in [0.25, 0.3) is 0 Å². The van der Waals surface area contributed by atoms with Crippen molar-refractivity contribution in [2.45, 2.75) is 19.8 Å². The van der Waals surface area contributed by atoms with Crippen LogP contribution in [0.1, 0.15) is 30.1 Å². The average molecular weight is 278 g/mol. The maximum Gasteiger partial charge on any atom is 0.321 e. The Morgan fingerprint density at radius 3 is 2.60 bits per heavy atom. The van der Waals surface area contributed by atoms with Crippen LogP contribution in [-0.4, -0.2) is 41.4 Å². The Hall–Kier alpha value is -2.37. The number of aliphatic carboxylic acids is 1. The van der Waals surface area contributed by atoms with Crippen LogP contribution in [-0.2, 0) is 4.79 Å². The molecule has 1 aromatic carbocycles. The first-order valence-corrected chi connectivity index (χ1v) is 6.31. The van der Waals surface area contributed by atoms with Gasteiger partial charge < -0.3 is 15.3 Å². The molecule has 2 amide bonds. The van der Waals surface area contributed by atoms with Gasteiger partial charge in [-0.15, -0.1) is 0 Å². The Labute approximate surface area is 117 Å². The minimum Gasteiger partial charge on any atom is -0.481 e. The standard InChI is InChI=1S/C14H18N2O4/c1-3-12(17)10-5-4-6-11(9-10)15-14(20)16(2)8-7-13(18)19/h4-6,9H,3,7-8H2,1-2H3,(H,15,20)(H,18,19). The third kappa shape index (κ3) is 4.72. The molecule has 6 heteroatoms. The summed E-state index contributed by atoms with van der Waals surface area (Å²) >= 11 is 0. The number of ketones is 1. The number of carbonyl (C=O) groups is 3. The van der Waals surface area contributed by atoms with Gasteiger partial charge in [0, 0.05) is 31.3 Å². The van der Waals surface area contributed by atoms with Crippen LogP contribution in [0.15, 0.2) is 24.3 Å². The molecule has 0 saturated carbocycles. The SMILES string of the molecule is CCC(=O)c1cccc(NC(=O)N(C)CCC(=O)O)c1. The first kappa shape index (κ1) is 15.7. The molecule has 0 heterocycles. The van der Waals surface area contributed by atoms with Gasteiger partial charge in [0.2, 0.25) is 0 Å². The van der Waals surface area contributed by atoms with Gasteiger partial charge in [0.15, 0.2) is 5.78 Å². The fraction of sp³-hybridized carbons (Fsp3) is 0.357. The van der Waals surface area contributed by atoms with Crippen LogP contribution in [0, 0.1) is 0 Å². The average Bonchev–Trinajstić information content (AvgIpc) is 2.43. The van der Waals surface area contributed by atoms with Gasteiger partial charge in [-0.1, -0.05) is 19.1 Å². The zero-order valence-corrected chi connectivity index (χ0v) is 11.5. The lowest BCUT2D eigenvalue weighted by Crippen LogP contribution is -2.33. The molecule has 6 nitrogen and oxygen atoms in total. The predicted molar refractivity (Wildman–Crippen MR) is 75.0 cm³/mol. The van der Waals surface area contributed by atoms with Gasteiger partial charge in [-0.2, -0.15) is 0 Å². The lowest BCUT2D eigenvalue weighted by molar-refractivity contribution is -0.137. The number of carbonyl (C=O) groups excluding carboxylic acids is 2. The van der Waals surface area contributed by atoms with Crippen LogP contribution in [0.5, 0.6) is 0 Å². The number of amides is 2. The van der Waals surface area contributed by atoms with Crippen molar-refractivity contribution in [3.8, 4) is 0 Å². The number of anilines is 1. The normalized spacial score (nSPS) is 9.90. The molecular formula is C14H18N2O4. The zero-order chi connectivity index (χ0) is 15.1. The van der Waals surface area contributed by atoms with E-state index in [-0.39, 0.29) is 18.7 Å². The van der Waals surface area contributed by atoms with E-state index >= 15 is 0 Å². The molecular weight excluding hydrogens is 260 g/mol. The van der Waals surface area contributed by atoms with E-state index in [2.05, 4.69) is 5.32 Å². The molecule has 1 rings (SSSR count). The van der Waals surface area contributed by atoms with Gasteiger partial charge in [0.1, 0.15) is 0 Å². The molecule has 0 fully saturated rings.